The number of methoxy groups -OCH3 is 1. The Kier molecular flexibility index (Phi) is 4.02. The predicted molar refractivity (Wildman–Crippen MR) is 74.6 cm³/mol. The SMILES string of the molecule is COc1ccc(C)cc1C(=O)N(C)Cc1n[nH]c(C)n1. The van der Waals surface area contributed by atoms with Crippen LogP contribution in [-0.2, 0) is 6.54 Å². The van der Waals surface area contributed by atoms with Crippen molar-refractivity contribution in [2.75, 3.05) is 14.2 Å². The van der Waals surface area contributed by atoms with Crippen LogP contribution in [0.4, 0.5) is 0 Å². The number of aryl methyl sites for hydroxylation is 2. The Balaban J connectivity index is 2.20. The quantitative estimate of drug-likeness (QED) is 0.921. The lowest BCUT2D eigenvalue weighted by Crippen LogP contribution is -2.27. The Morgan fingerprint density at radius 1 is 1.40 bits per heavy atom. The standard InChI is InChI=1S/C14H18N4O2/c1-9-5-6-12(20-4)11(7-9)14(19)18(3)8-13-15-10(2)16-17-13/h5-7H,8H2,1-4H3,(H,15,16,17). The van der Waals surface area contributed by atoms with E-state index in [4.69, 9.17) is 4.74 Å². The summed E-state index contributed by atoms with van der Waals surface area (Å²) in [5.74, 6) is 1.77. The first-order valence-corrected chi connectivity index (χ1v) is 6.29. The van der Waals surface area contributed by atoms with Crippen LogP contribution < -0.4 is 4.74 Å². The van der Waals surface area contributed by atoms with E-state index in [9.17, 15) is 4.79 Å². The summed E-state index contributed by atoms with van der Waals surface area (Å²) in [6.07, 6.45) is 0. The predicted octanol–water partition coefficient (Wildman–Crippen LogP) is 1.70. The number of nitrogens with one attached hydrogen (secondary N) is 1. The lowest BCUT2D eigenvalue weighted by molar-refractivity contribution is 0.0778. The fourth-order valence-corrected chi connectivity index (χ4v) is 1.94. The second-order valence-electron chi connectivity index (χ2n) is 4.70. The number of hydrogen-bond donors (Lipinski definition) is 1. The monoisotopic (exact) mass is 274 g/mol. The summed E-state index contributed by atoms with van der Waals surface area (Å²) < 4.78 is 5.24. The van der Waals surface area contributed by atoms with Crippen LogP contribution in [0.15, 0.2) is 18.2 Å². The maximum absolute atomic E-state index is 12.5. The summed E-state index contributed by atoms with van der Waals surface area (Å²) in [6.45, 7) is 4.11. The molecule has 1 amide bonds. The van der Waals surface area contributed by atoms with E-state index in [0.29, 0.717) is 23.7 Å². The average molecular weight is 274 g/mol. The van der Waals surface area contributed by atoms with Crippen LogP contribution in [0, 0.1) is 13.8 Å². The van der Waals surface area contributed by atoms with Crippen molar-refractivity contribution in [3.8, 4) is 5.75 Å². The number of ether oxygens (including phenoxy) is 1. The van der Waals surface area contributed by atoms with Crippen molar-refractivity contribution in [1.29, 1.82) is 0 Å². The van der Waals surface area contributed by atoms with E-state index in [2.05, 4.69) is 15.2 Å². The van der Waals surface area contributed by atoms with Crippen molar-refractivity contribution in [1.82, 2.24) is 20.1 Å². The molecule has 0 spiro atoms. The van der Waals surface area contributed by atoms with Gasteiger partial charge in [-0.1, -0.05) is 11.6 Å². The number of carbonyl (C=O) groups excluding carboxylic acids is 1. The Hall–Kier alpha value is -2.37. The second kappa shape index (κ2) is 5.73. The van der Waals surface area contributed by atoms with Crippen molar-refractivity contribution in [2.24, 2.45) is 0 Å². The van der Waals surface area contributed by atoms with Crippen LogP contribution >= 0.6 is 0 Å². The molecule has 2 aromatic rings. The van der Waals surface area contributed by atoms with Gasteiger partial charge in [-0.05, 0) is 26.0 Å². The Morgan fingerprint density at radius 2 is 2.15 bits per heavy atom. The minimum absolute atomic E-state index is 0.118. The van der Waals surface area contributed by atoms with Gasteiger partial charge in [-0.2, -0.15) is 5.10 Å². The maximum Gasteiger partial charge on any atom is 0.257 e. The molecule has 1 aromatic heterocycles. The number of nitrogens with zero attached hydrogens (tertiary/aromatic N) is 3. The lowest BCUT2D eigenvalue weighted by atomic mass is 10.1. The van der Waals surface area contributed by atoms with Gasteiger partial charge < -0.3 is 9.64 Å². The fraction of sp³-hybridized carbons (Fsp3) is 0.357. The number of benzene rings is 1. The van der Waals surface area contributed by atoms with Gasteiger partial charge in [0.25, 0.3) is 5.91 Å². The summed E-state index contributed by atoms with van der Waals surface area (Å²) >= 11 is 0. The number of hydrogen-bond acceptors (Lipinski definition) is 4. The van der Waals surface area contributed by atoms with Crippen molar-refractivity contribution in [2.45, 2.75) is 20.4 Å². The molecule has 0 radical (unpaired) electrons. The van der Waals surface area contributed by atoms with E-state index in [-0.39, 0.29) is 5.91 Å². The summed E-state index contributed by atoms with van der Waals surface area (Å²) in [7, 11) is 3.27. The van der Waals surface area contributed by atoms with Crippen molar-refractivity contribution in [3.05, 3.63) is 41.0 Å². The Labute approximate surface area is 117 Å². The second-order valence-corrected chi connectivity index (χ2v) is 4.70. The molecule has 0 aliphatic rings. The van der Waals surface area contributed by atoms with E-state index in [1.54, 1.807) is 25.1 Å². The van der Waals surface area contributed by atoms with Gasteiger partial charge in [0.15, 0.2) is 5.82 Å². The minimum atomic E-state index is -0.118. The molecular weight excluding hydrogens is 256 g/mol. The zero-order valence-electron chi connectivity index (χ0n) is 12.1. The molecule has 1 aromatic carbocycles. The third kappa shape index (κ3) is 2.96. The molecule has 1 N–H and O–H groups in total. The van der Waals surface area contributed by atoms with Crippen molar-refractivity contribution < 1.29 is 9.53 Å². The molecule has 6 nitrogen and oxygen atoms in total. The smallest absolute Gasteiger partial charge is 0.257 e. The molecule has 106 valence electrons. The highest BCUT2D eigenvalue weighted by molar-refractivity contribution is 5.96. The maximum atomic E-state index is 12.5. The number of rotatable bonds is 4. The van der Waals surface area contributed by atoms with E-state index in [0.717, 1.165) is 11.4 Å². The molecule has 2 rings (SSSR count). The number of aromatic amines is 1. The first-order valence-electron chi connectivity index (χ1n) is 6.29. The van der Waals surface area contributed by atoms with Crippen LogP contribution in [0.1, 0.15) is 27.6 Å². The van der Waals surface area contributed by atoms with E-state index >= 15 is 0 Å². The van der Waals surface area contributed by atoms with Gasteiger partial charge in [-0.25, -0.2) is 4.98 Å². The van der Waals surface area contributed by atoms with Crippen LogP contribution in [0.2, 0.25) is 0 Å². The van der Waals surface area contributed by atoms with E-state index in [1.165, 1.54) is 0 Å². The third-order valence-electron chi connectivity index (χ3n) is 2.95. The Bertz CT molecular complexity index is 621. The van der Waals surface area contributed by atoms with Crippen molar-refractivity contribution in [3.63, 3.8) is 0 Å². The van der Waals surface area contributed by atoms with E-state index < -0.39 is 0 Å². The van der Waals surface area contributed by atoms with Gasteiger partial charge in [0.2, 0.25) is 0 Å². The first kappa shape index (κ1) is 14.0. The summed E-state index contributed by atoms with van der Waals surface area (Å²) in [5.41, 5.74) is 1.55. The van der Waals surface area contributed by atoms with Gasteiger partial charge >= 0.3 is 0 Å². The highest BCUT2D eigenvalue weighted by atomic mass is 16.5. The van der Waals surface area contributed by atoms with Crippen LogP contribution in [-0.4, -0.2) is 40.1 Å². The first-order chi connectivity index (χ1) is 9.51. The van der Waals surface area contributed by atoms with Crippen molar-refractivity contribution >= 4 is 5.91 Å². The summed E-state index contributed by atoms with van der Waals surface area (Å²) in [4.78, 5) is 18.2. The van der Waals surface area contributed by atoms with Gasteiger partial charge in [0.1, 0.15) is 11.6 Å². The molecule has 0 bridgehead atoms. The molecule has 0 unspecified atom stereocenters. The summed E-state index contributed by atoms with van der Waals surface area (Å²) in [5, 5.41) is 6.79. The zero-order chi connectivity index (χ0) is 14.7. The molecular formula is C14H18N4O2. The van der Waals surface area contributed by atoms with Gasteiger partial charge in [-0.3, -0.25) is 9.89 Å². The summed E-state index contributed by atoms with van der Waals surface area (Å²) in [6, 6.07) is 5.53. The van der Waals surface area contributed by atoms with Crippen LogP contribution in [0.5, 0.6) is 5.75 Å². The van der Waals surface area contributed by atoms with Gasteiger partial charge in [0, 0.05) is 7.05 Å². The number of H-pyrrole nitrogens is 1. The van der Waals surface area contributed by atoms with E-state index in [1.807, 2.05) is 26.0 Å². The number of aromatic nitrogens is 3. The molecule has 1 heterocycles. The minimum Gasteiger partial charge on any atom is -0.496 e. The molecule has 0 fully saturated rings. The topological polar surface area (TPSA) is 71.1 Å². The van der Waals surface area contributed by atoms with Gasteiger partial charge in [-0.15, -0.1) is 0 Å². The molecule has 0 saturated carbocycles. The fourth-order valence-electron chi connectivity index (χ4n) is 1.94. The van der Waals surface area contributed by atoms with Crippen LogP contribution in [0.25, 0.3) is 0 Å². The van der Waals surface area contributed by atoms with Crippen LogP contribution in [0.3, 0.4) is 0 Å². The van der Waals surface area contributed by atoms with Gasteiger partial charge in [0.05, 0.1) is 19.2 Å². The molecule has 6 heteroatoms. The Morgan fingerprint density at radius 3 is 2.75 bits per heavy atom. The average Bonchev–Trinajstić information content (AvgIpc) is 2.83. The molecule has 0 aliphatic heterocycles. The normalized spacial score (nSPS) is 10.4. The molecule has 0 saturated heterocycles. The third-order valence-corrected chi connectivity index (χ3v) is 2.95. The molecule has 0 atom stereocenters. The zero-order valence-corrected chi connectivity index (χ0v) is 12.1. The number of carbonyl (C=O) groups is 1. The number of amides is 1. The highest BCUT2D eigenvalue weighted by Gasteiger charge is 2.18. The highest BCUT2D eigenvalue weighted by Crippen LogP contribution is 2.21. The molecule has 0 aliphatic carbocycles. The largest absolute Gasteiger partial charge is 0.496 e. The molecule has 20 heavy (non-hydrogen) atoms. The lowest BCUT2D eigenvalue weighted by Gasteiger charge is -2.17.